The van der Waals surface area contributed by atoms with Gasteiger partial charge < -0.3 is 5.73 Å². The molecule has 96 valence electrons. The van der Waals surface area contributed by atoms with Crippen LogP contribution >= 0.6 is 23.1 Å². The fourth-order valence-corrected chi connectivity index (χ4v) is 3.23. The molecule has 0 amide bonds. The monoisotopic (exact) mass is 309 g/mol. The van der Waals surface area contributed by atoms with Crippen molar-refractivity contribution in [1.82, 2.24) is 14.8 Å². The topological polar surface area (TPSA) is 111 Å². The molecular formula is C7H5ClFN5O2S2. The lowest BCUT2D eigenvalue weighted by molar-refractivity contribution is 0.600. The summed E-state index contributed by atoms with van der Waals surface area (Å²) in [5.74, 6) is -0.795. The van der Waals surface area contributed by atoms with E-state index < -0.39 is 15.8 Å². The van der Waals surface area contributed by atoms with Crippen molar-refractivity contribution in [3.8, 4) is 0 Å². The number of nitrogen functional groups attached to an aromatic ring is 1. The number of nitrogens with two attached hydrogens (primary N) is 1. The molecule has 3 N–H and O–H groups in total. The minimum absolute atomic E-state index is 0.0334. The summed E-state index contributed by atoms with van der Waals surface area (Å²) in [5, 5.41) is 6.32. The van der Waals surface area contributed by atoms with Crippen molar-refractivity contribution in [2.24, 2.45) is 0 Å². The summed E-state index contributed by atoms with van der Waals surface area (Å²) in [6.45, 7) is 0. The Hall–Kier alpha value is -1.52. The van der Waals surface area contributed by atoms with E-state index in [1.54, 1.807) is 0 Å². The molecule has 11 heteroatoms. The van der Waals surface area contributed by atoms with Gasteiger partial charge in [0.25, 0.3) is 10.0 Å². The second-order valence-corrected chi connectivity index (χ2v) is 5.87. The first-order valence-electron chi connectivity index (χ1n) is 4.32. The zero-order valence-corrected chi connectivity index (χ0v) is 10.9. The third-order valence-electron chi connectivity index (χ3n) is 1.86. The molecule has 0 aliphatic carbocycles. The highest BCUT2D eigenvalue weighted by Gasteiger charge is 2.21. The zero-order valence-electron chi connectivity index (χ0n) is 8.46. The van der Waals surface area contributed by atoms with Crippen LogP contribution in [0.5, 0.6) is 0 Å². The Morgan fingerprint density at radius 3 is 2.78 bits per heavy atom. The Labute approximate surface area is 110 Å². The van der Waals surface area contributed by atoms with E-state index in [4.69, 9.17) is 17.3 Å². The number of sulfonamides is 1. The molecule has 0 saturated carbocycles. The Kier molecular flexibility index (Phi) is 3.32. The van der Waals surface area contributed by atoms with E-state index in [1.165, 1.54) is 0 Å². The molecule has 0 saturated heterocycles. The number of hydrogen-bond acceptors (Lipinski definition) is 7. The van der Waals surface area contributed by atoms with Gasteiger partial charge in [-0.25, -0.2) is 12.8 Å². The third-order valence-corrected chi connectivity index (χ3v) is 4.31. The van der Waals surface area contributed by atoms with Crippen molar-refractivity contribution in [3.63, 3.8) is 0 Å². The van der Waals surface area contributed by atoms with Gasteiger partial charge in [-0.3, -0.25) is 4.72 Å². The van der Waals surface area contributed by atoms with E-state index in [9.17, 15) is 12.8 Å². The smallest absolute Gasteiger partial charge is 0.265 e. The van der Waals surface area contributed by atoms with Crippen LogP contribution in [0.2, 0.25) is 5.02 Å². The standard InChI is InChI=1S/C7H5ClFN5O2S2/c8-3-1-4(9)5(10)2-6(3)18(15,16)12-7-11-13-14-17-7/h1-2H,10H2,(H,11,12,14). The normalized spacial score (nSPS) is 11.4. The zero-order chi connectivity index (χ0) is 13.3. The van der Waals surface area contributed by atoms with E-state index >= 15 is 0 Å². The number of anilines is 2. The molecule has 0 spiro atoms. The van der Waals surface area contributed by atoms with Crippen LogP contribution in [-0.2, 0) is 10.0 Å². The first-order valence-corrected chi connectivity index (χ1v) is 6.96. The van der Waals surface area contributed by atoms with E-state index in [1.807, 2.05) is 0 Å². The van der Waals surface area contributed by atoms with Gasteiger partial charge in [-0.15, -0.1) is 0 Å². The average molecular weight is 310 g/mol. The SMILES string of the molecule is Nc1cc(S(=O)(=O)Nc2nnns2)c(Cl)cc1F. The van der Waals surface area contributed by atoms with E-state index in [0.717, 1.165) is 23.7 Å². The minimum Gasteiger partial charge on any atom is -0.396 e. The Balaban J connectivity index is 2.44. The van der Waals surface area contributed by atoms with Crippen molar-refractivity contribution in [1.29, 1.82) is 0 Å². The Morgan fingerprint density at radius 1 is 1.44 bits per heavy atom. The molecule has 0 aliphatic rings. The number of rotatable bonds is 3. The summed E-state index contributed by atoms with van der Waals surface area (Å²) in [4.78, 5) is -0.349. The van der Waals surface area contributed by atoms with Crippen LogP contribution < -0.4 is 10.5 Å². The summed E-state index contributed by atoms with van der Waals surface area (Å²) in [5.41, 5.74) is 4.97. The summed E-state index contributed by atoms with van der Waals surface area (Å²) in [6.07, 6.45) is 0. The first-order chi connectivity index (χ1) is 8.40. The number of benzene rings is 1. The van der Waals surface area contributed by atoms with Crippen molar-refractivity contribution in [2.75, 3.05) is 10.5 Å². The van der Waals surface area contributed by atoms with Gasteiger partial charge in [0, 0.05) is 11.5 Å². The maximum Gasteiger partial charge on any atom is 0.265 e. The molecule has 2 rings (SSSR count). The van der Waals surface area contributed by atoms with Crippen LogP contribution in [0.25, 0.3) is 0 Å². The maximum absolute atomic E-state index is 13.1. The number of halogens is 2. The van der Waals surface area contributed by atoms with Crippen LogP contribution in [0.3, 0.4) is 0 Å². The quantitative estimate of drug-likeness (QED) is 0.822. The van der Waals surface area contributed by atoms with Gasteiger partial charge in [-0.2, -0.15) is 0 Å². The molecule has 2 aromatic rings. The summed E-state index contributed by atoms with van der Waals surface area (Å²) >= 11 is 6.41. The molecule has 0 bridgehead atoms. The van der Waals surface area contributed by atoms with Gasteiger partial charge in [0.05, 0.1) is 10.7 Å². The van der Waals surface area contributed by atoms with Crippen LogP contribution in [0.1, 0.15) is 0 Å². The van der Waals surface area contributed by atoms with Crippen molar-refractivity contribution >= 4 is 44.0 Å². The second-order valence-electron chi connectivity index (χ2n) is 3.08. The molecular weight excluding hydrogens is 305 g/mol. The Morgan fingerprint density at radius 2 is 2.17 bits per heavy atom. The van der Waals surface area contributed by atoms with Gasteiger partial charge in [-0.05, 0) is 17.3 Å². The fraction of sp³-hybridized carbons (Fsp3) is 0. The second kappa shape index (κ2) is 4.63. The van der Waals surface area contributed by atoms with Gasteiger partial charge in [0.15, 0.2) is 0 Å². The predicted molar refractivity (Wildman–Crippen MR) is 64.3 cm³/mol. The largest absolute Gasteiger partial charge is 0.396 e. The third kappa shape index (κ3) is 2.49. The summed E-state index contributed by atoms with van der Waals surface area (Å²) in [7, 11) is -4.01. The van der Waals surface area contributed by atoms with Crippen molar-refractivity contribution in [3.05, 3.63) is 23.0 Å². The van der Waals surface area contributed by atoms with E-state index in [0.29, 0.717) is 0 Å². The number of hydrogen-bond donors (Lipinski definition) is 2. The number of aromatic nitrogens is 3. The number of nitrogens with one attached hydrogen (secondary N) is 1. The van der Waals surface area contributed by atoms with E-state index in [-0.39, 0.29) is 20.7 Å². The predicted octanol–water partition coefficient (Wildman–Crippen LogP) is 1.11. The highest BCUT2D eigenvalue weighted by molar-refractivity contribution is 7.93. The molecule has 1 aromatic carbocycles. The fourth-order valence-electron chi connectivity index (χ4n) is 1.09. The van der Waals surface area contributed by atoms with Gasteiger partial charge >= 0.3 is 0 Å². The van der Waals surface area contributed by atoms with E-state index in [2.05, 4.69) is 19.5 Å². The van der Waals surface area contributed by atoms with Crippen molar-refractivity contribution < 1.29 is 12.8 Å². The molecule has 0 atom stereocenters. The molecule has 0 radical (unpaired) electrons. The first kappa shape index (κ1) is 12.9. The molecule has 0 unspecified atom stereocenters. The highest BCUT2D eigenvalue weighted by atomic mass is 35.5. The summed E-state index contributed by atoms with van der Waals surface area (Å²) in [6, 6.07) is 1.75. The summed E-state index contributed by atoms with van der Waals surface area (Å²) < 4.78 is 42.4. The molecule has 1 aromatic heterocycles. The van der Waals surface area contributed by atoms with Gasteiger partial charge in [0.2, 0.25) is 5.13 Å². The minimum atomic E-state index is -4.01. The maximum atomic E-state index is 13.1. The van der Waals surface area contributed by atoms with Crippen LogP contribution in [0, 0.1) is 5.82 Å². The van der Waals surface area contributed by atoms with Crippen LogP contribution in [-0.4, -0.2) is 23.2 Å². The molecule has 18 heavy (non-hydrogen) atoms. The average Bonchev–Trinajstić information content (AvgIpc) is 2.75. The van der Waals surface area contributed by atoms with Crippen LogP contribution in [0.15, 0.2) is 17.0 Å². The molecule has 0 fully saturated rings. The van der Waals surface area contributed by atoms with Crippen LogP contribution in [0.4, 0.5) is 15.2 Å². The lowest BCUT2D eigenvalue weighted by Crippen LogP contribution is -2.14. The molecule has 7 nitrogen and oxygen atoms in total. The number of nitrogens with zero attached hydrogens (tertiary/aromatic N) is 3. The molecule has 1 heterocycles. The van der Waals surface area contributed by atoms with Gasteiger partial charge in [-0.1, -0.05) is 21.2 Å². The van der Waals surface area contributed by atoms with Crippen molar-refractivity contribution in [2.45, 2.75) is 4.90 Å². The lowest BCUT2D eigenvalue weighted by atomic mass is 10.3. The Bertz CT molecular complexity index is 675. The molecule has 0 aliphatic heterocycles. The lowest BCUT2D eigenvalue weighted by Gasteiger charge is -2.07. The highest BCUT2D eigenvalue weighted by Crippen LogP contribution is 2.27. The van der Waals surface area contributed by atoms with Gasteiger partial charge in [0.1, 0.15) is 10.7 Å².